The molecule has 0 aliphatic carbocycles. The van der Waals surface area contributed by atoms with Gasteiger partial charge in [-0.2, -0.15) is 0 Å². The number of hydrogen-bond donors (Lipinski definition) is 0. The van der Waals surface area contributed by atoms with E-state index in [1.165, 1.54) is 25.1 Å². The van der Waals surface area contributed by atoms with Crippen LogP contribution in [-0.2, 0) is 9.59 Å². The Labute approximate surface area is 114 Å². The van der Waals surface area contributed by atoms with E-state index in [0.717, 1.165) is 10.8 Å². The Bertz CT molecular complexity index is 699. The van der Waals surface area contributed by atoms with Gasteiger partial charge in [0, 0.05) is 18.6 Å². The summed E-state index contributed by atoms with van der Waals surface area (Å²) < 4.78 is 0.916. The first-order valence-corrected chi connectivity index (χ1v) is 5.75. The highest BCUT2D eigenvalue weighted by Crippen LogP contribution is 2.14. The van der Waals surface area contributed by atoms with E-state index in [1.807, 2.05) is 0 Å². The minimum Gasteiger partial charge on any atom is -0.854 e. The molecule has 0 radical (unpaired) electrons. The Kier molecular flexibility index (Phi) is 3.65. The van der Waals surface area contributed by atoms with Gasteiger partial charge >= 0.3 is 5.91 Å². The second-order valence-electron chi connectivity index (χ2n) is 4.06. The normalized spacial score (nSPS) is 16.6. The predicted molar refractivity (Wildman–Crippen MR) is 68.5 cm³/mol. The molecule has 6 nitrogen and oxygen atoms in total. The second kappa shape index (κ2) is 5.40. The molecule has 20 heavy (non-hydrogen) atoms. The maximum absolute atomic E-state index is 12.2. The highest BCUT2D eigenvalue weighted by atomic mass is 16.3. The smallest absolute Gasteiger partial charge is 0.450 e. The Morgan fingerprint density at radius 2 is 1.90 bits per heavy atom. The SMILES string of the molecule is CC(/C=C\C(=O)C=O)=[N+]1/N=C([O-])c2ccccc2C1=O. The Balaban J connectivity index is 2.48. The number of aldehydes is 1. The van der Waals surface area contributed by atoms with Gasteiger partial charge in [0.25, 0.3) is 0 Å². The van der Waals surface area contributed by atoms with Crippen molar-refractivity contribution in [2.24, 2.45) is 5.10 Å². The third-order valence-corrected chi connectivity index (χ3v) is 2.71. The van der Waals surface area contributed by atoms with Crippen molar-refractivity contribution >= 4 is 29.6 Å². The molecule has 1 aromatic carbocycles. The molecule has 0 saturated heterocycles. The number of amides is 1. The molecule has 0 saturated carbocycles. The van der Waals surface area contributed by atoms with Crippen LogP contribution in [0.4, 0.5) is 0 Å². The molecule has 100 valence electrons. The molecule has 0 spiro atoms. The third kappa shape index (κ3) is 2.44. The van der Waals surface area contributed by atoms with E-state index >= 15 is 0 Å². The van der Waals surface area contributed by atoms with Crippen LogP contribution in [0.3, 0.4) is 0 Å². The number of carbonyl (C=O) groups excluding carboxylic acids is 3. The number of hydrazone groups is 1. The highest BCUT2D eigenvalue weighted by molar-refractivity contribution is 6.31. The fourth-order valence-electron chi connectivity index (χ4n) is 1.71. The van der Waals surface area contributed by atoms with E-state index in [4.69, 9.17) is 0 Å². The van der Waals surface area contributed by atoms with Crippen LogP contribution in [0, 0.1) is 0 Å². The van der Waals surface area contributed by atoms with E-state index in [0.29, 0.717) is 0 Å². The first kappa shape index (κ1) is 13.5. The molecule has 1 aliphatic rings. The van der Waals surface area contributed by atoms with E-state index in [2.05, 4.69) is 5.10 Å². The van der Waals surface area contributed by atoms with Gasteiger partial charge in [-0.15, -0.1) is 0 Å². The van der Waals surface area contributed by atoms with Crippen LogP contribution in [0.5, 0.6) is 0 Å². The minimum atomic E-state index is -0.736. The van der Waals surface area contributed by atoms with Crippen LogP contribution in [0.25, 0.3) is 0 Å². The molecule has 0 aromatic heterocycles. The quantitative estimate of drug-likeness (QED) is 0.325. The number of rotatable bonds is 3. The van der Waals surface area contributed by atoms with Gasteiger partial charge in [0.15, 0.2) is 6.29 Å². The van der Waals surface area contributed by atoms with E-state index in [-0.39, 0.29) is 23.1 Å². The second-order valence-corrected chi connectivity index (χ2v) is 4.06. The number of nitrogens with zero attached hydrogens (tertiary/aromatic N) is 2. The summed E-state index contributed by atoms with van der Waals surface area (Å²) in [6, 6.07) is 6.35. The number of allylic oxidation sites excluding steroid dienone is 2. The van der Waals surface area contributed by atoms with Crippen molar-refractivity contribution in [3.05, 3.63) is 47.5 Å². The highest BCUT2D eigenvalue weighted by Gasteiger charge is 2.30. The molecule has 0 atom stereocenters. The molecular formula is C14H10N2O4. The largest absolute Gasteiger partial charge is 0.854 e. The summed E-state index contributed by atoms with van der Waals surface area (Å²) in [6.45, 7) is 1.51. The van der Waals surface area contributed by atoms with Crippen molar-refractivity contribution in [3.63, 3.8) is 0 Å². The average Bonchev–Trinajstić information content (AvgIpc) is 2.48. The summed E-state index contributed by atoms with van der Waals surface area (Å²) in [5.41, 5.74) is 0.768. The summed E-state index contributed by atoms with van der Waals surface area (Å²) >= 11 is 0. The molecule has 0 N–H and O–H groups in total. The predicted octanol–water partition coefficient (Wildman–Crippen LogP) is -0.340. The van der Waals surface area contributed by atoms with Crippen molar-refractivity contribution in [3.8, 4) is 0 Å². The number of fused-ring (bicyclic) bond motifs is 1. The fraction of sp³-hybridized carbons (Fsp3) is 0.0714. The first-order valence-electron chi connectivity index (χ1n) is 5.75. The van der Waals surface area contributed by atoms with Gasteiger partial charge in [0.1, 0.15) is 5.56 Å². The number of benzene rings is 1. The van der Waals surface area contributed by atoms with Crippen molar-refractivity contribution in [1.82, 2.24) is 0 Å². The Morgan fingerprint density at radius 1 is 1.25 bits per heavy atom. The molecule has 2 rings (SSSR count). The molecule has 0 unspecified atom stereocenters. The lowest BCUT2D eigenvalue weighted by atomic mass is 10.1. The summed E-state index contributed by atoms with van der Waals surface area (Å²) in [7, 11) is 0. The topological polar surface area (TPSA) is 89.6 Å². The van der Waals surface area contributed by atoms with Gasteiger partial charge in [-0.1, -0.05) is 18.2 Å². The lowest BCUT2D eigenvalue weighted by molar-refractivity contribution is -0.442. The van der Waals surface area contributed by atoms with Crippen LogP contribution in [0.15, 0.2) is 41.5 Å². The maximum atomic E-state index is 12.2. The number of ketones is 1. The van der Waals surface area contributed by atoms with Crippen molar-refractivity contribution in [1.29, 1.82) is 0 Å². The van der Waals surface area contributed by atoms with E-state index in [1.54, 1.807) is 12.1 Å². The van der Waals surface area contributed by atoms with Gasteiger partial charge in [0.2, 0.25) is 11.5 Å². The third-order valence-electron chi connectivity index (χ3n) is 2.71. The van der Waals surface area contributed by atoms with Crippen molar-refractivity contribution in [2.75, 3.05) is 0 Å². The van der Waals surface area contributed by atoms with Crippen LogP contribution >= 0.6 is 0 Å². The van der Waals surface area contributed by atoms with E-state index in [9.17, 15) is 19.5 Å². The molecule has 1 aromatic rings. The summed E-state index contributed by atoms with van der Waals surface area (Å²) in [4.78, 5) is 33.3. The Morgan fingerprint density at radius 3 is 2.55 bits per heavy atom. The average molecular weight is 270 g/mol. The molecule has 6 heteroatoms. The summed E-state index contributed by atoms with van der Waals surface area (Å²) in [5.74, 6) is -1.73. The van der Waals surface area contributed by atoms with Crippen molar-refractivity contribution in [2.45, 2.75) is 6.92 Å². The van der Waals surface area contributed by atoms with Gasteiger partial charge in [0.05, 0.1) is 5.90 Å². The Hall–Kier alpha value is -2.89. The lowest BCUT2D eigenvalue weighted by Gasteiger charge is -2.14. The number of hydrogen-bond acceptors (Lipinski definition) is 5. The van der Waals surface area contributed by atoms with E-state index < -0.39 is 17.6 Å². The van der Waals surface area contributed by atoms with Crippen LogP contribution in [0.2, 0.25) is 0 Å². The van der Waals surface area contributed by atoms with Crippen LogP contribution in [-0.4, -0.2) is 34.3 Å². The standard InChI is InChI=1S/C14H10N2O4/c1-9(6-7-10(18)8-17)16-14(20)12-5-3-2-4-11(12)13(19)15-16/h2-8H,1H3. The molecule has 1 aliphatic heterocycles. The van der Waals surface area contributed by atoms with Gasteiger partial charge < -0.3 is 5.11 Å². The van der Waals surface area contributed by atoms with Gasteiger partial charge in [-0.25, -0.2) is 4.79 Å². The number of carbonyl (C=O) groups is 3. The molecule has 1 heterocycles. The zero-order valence-electron chi connectivity index (χ0n) is 10.6. The molecular weight excluding hydrogens is 260 g/mol. The zero-order chi connectivity index (χ0) is 14.7. The zero-order valence-corrected chi connectivity index (χ0v) is 10.6. The first-order chi connectivity index (χ1) is 9.54. The lowest BCUT2D eigenvalue weighted by Crippen LogP contribution is -2.34. The summed E-state index contributed by atoms with van der Waals surface area (Å²) in [6.07, 6.45) is 2.43. The van der Waals surface area contributed by atoms with Crippen molar-refractivity contribution < 1.29 is 24.2 Å². The van der Waals surface area contributed by atoms with Gasteiger partial charge in [-0.05, 0) is 21.9 Å². The molecule has 1 amide bonds. The van der Waals surface area contributed by atoms with Crippen LogP contribution in [0.1, 0.15) is 22.8 Å². The maximum Gasteiger partial charge on any atom is 0.450 e. The minimum absolute atomic E-state index is 0.152. The summed E-state index contributed by atoms with van der Waals surface area (Å²) in [5, 5.41) is 15.5. The van der Waals surface area contributed by atoms with Crippen LogP contribution < -0.4 is 5.11 Å². The molecule has 0 bridgehead atoms. The monoisotopic (exact) mass is 270 g/mol. The molecule has 0 fully saturated rings. The van der Waals surface area contributed by atoms with Gasteiger partial charge in [-0.3, -0.25) is 9.59 Å². The fourth-order valence-corrected chi connectivity index (χ4v) is 1.71.